The van der Waals surface area contributed by atoms with Crippen LogP contribution in [0.25, 0.3) is 0 Å². The second-order valence-corrected chi connectivity index (χ2v) is 6.85. The molecule has 174 valence electrons. The summed E-state index contributed by atoms with van der Waals surface area (Å²) >= 11 is 0. The SMILES string of the molecule is CCCCNC(=O)OCCN(CCOC(=O)NCCCC)C1CCNCC1.Cl.Cl. The summed E-state index contributed by atoms with van der Waals surface area (Å²) in [7, 11) is 0. The highest BCUT2D eigenvalue weighted by molar-refractivity contribution is 5.85. The molecule has 1 aliphatic heterocycles. The van der Waals surface area contributed by atoms with Gasteiger partial charge in [0.1, 0.15) is 13.2 Å². The second kappa shape index (κ2) is 20.3. The highest BCUT2D eigenvalue weighted by atomic mass is 35.5. The Bertz CT molecular complexity index is 386. The molecule has 1 fully saturated rings. The van der Waals surface area contributed by atoms with Crippen molar-refractivity contribution in [3.63, 3.8) is 0 Å². The number of hydrogen-bond donors (Lipinski definition) is 3. The average Bonchev–Trinajstić information content (AvgIpc) is 2.68. The summed E-state index contributed by atoms with van der Waals surface area (Å²) in [5.41, 5.74) is 0. The molecule has 0 atom stereocenters. The summed E-state index contributed by atoms with van der Waals surface area (Å²) in [6, 6.07) is 0.421. The molecule has 1 heterocycles. The van der Waals surface area contributed by atoms with Crippen LogP contribution in [0.15, 0.2) is 0 Å². The van der Waals surface area contributed by atoms with Gasteiger partial charge in [-0.3, -0.25) is 4.90 Å². The van der Waals surface area contributed by atoms with Crippen molar-refractivity contribution in [3.05, 3.63) is 0 Å². The lowest BCUT2D eigenvalue weighted by Gasteiger charge is -2.34. The first-order valence-electron chi connectivity index (χ1n) is 10.4. The maximum Gasteiger partial charge on any atom is 0.407 e. The van der Waals surface area contributed by atoms with E-state index in [1.54, 1.807) is 0 Å². The van der Waals surface area contributed by atoms with E-state index in [9.17, 15) is 9.59 Å². The number of nitrogens with one attached hydrogen (secondary N) is 3. The molecule has 0 spiro atoms. The molecule has 0 aromatic heterocycles. The van der Waals surface area contributed by atoms with Crippen LogP contribution in [0.5, 0.6) is 0 Å². The van der Waals surface area contributed by atoms with E-state index < -0.39 is 0 Å². The largest absolute Gasteiger partial charge is 0.448 e. The summed E-state index contributed by atoms with van der Waals surface area (Å²) in [4.78, 5) is 25.6. The number of nitrogens with zero attached hydrogens (tertiary/aromatic N) is 1. The lowest BCUT2D eigenvalue weighted by Crippen LogP contribution is -2.46. The quantitative estimate of drug-likeness (QED) is 0.367. The van der Waals surface area contributed by atoms with E-state index >= 15 is 0 Å². The van der Waals surface area contributed by atoms with Gasteiger partial charge in [-0.25, -0.2) is 9.59 Å². The van der Waals surface area contributed by atoms with Crippen molar-refractivity contribution in [2.75, 3.05) is 52.5 Å². The third-order valence-electron chi connectivity index (χ3n) is 4.65. The van der Waals surface area contributed by atoms with Crippen molar-refractivity contribution >= 4 is 37.0 Å². The van der Waals surface area contributed by atoms with Gasteiger partial charge in [-0.15, -0.1) is 24.8 Å². The van der Waals surface area contributed by atoms with Gasteiger partial charge in [0.15, 0.2) is 0 Å². The third-order valence-corrected chi connectivity index (χ3v) is 4.65. The second-order valence-electron chi connectivity index (χ2n) is 6.85. The first kappa shape index (κ1) is 30.2. The average molecular weight is 459 g/mol. The van der Waals surface area contributed by atoms with Crippen LogP contribution >= 0.6 is 24.8 Å². The van der Waals surface area contributed by atoms with Crippen LogP contribution in [0.4, 0.5) is 9.59 Å². The van der Waals surface area contributed by atoms with E-state index in [1.807, 2.05) is 0 Å². The van der Waals surface area contributed by atoms with Gasteiger partial charge < -0.3 is 25.4 Å². The number of halogens is 2. The zero-order valence-electron chi connectivity index (χ0n) is 17.9. The Kier molecular flexibility index (Phi) is 21.2. The molecule has 0 radical (unpaired) electrons. The van der Waals surface area contributed by atoms with Gasteiger partial charge in [0, 0.05) is 32.2 Å². The van der Waals surface area contributed by atoms with Crippen molar-refractivity contribution in [2.24, 2.45) is 0 Å². The van der Waals surface area contributed by atoms with Crippen LogP contribution in [-0.2, 0) is 9.47 Å². The predicted octanol–water partition coefficient (Wildman–Crippen LogP) is 2.94. The molecule has 0 saturated carbocycles. The Morgan fingerprint density at radius 1 is 0.897 bits per heavy atom. The molecule has 0 bridgehead atoms. The molecule has 0 aromatic rings. The predicted molar refractivity (Wildman–Crippen MR) is 120 cm³/mol. The van der Waals surface area contributed by atoms with Gasteiger partial charge in [0.2, 0.25) is 0 Å². The fourth-order valence-electron chi connectivity index (χ4n) is 3.00. The van der Waals surface area contributed by atoms with Crippen molar-refractivity contribution in [1.29, 1.82) is 0 Å². The number of hydrogen-bond acceptors (Lipinski definition) is 6. The van der Waals surface area contributed by atoms with Crippen molar-refractivity contribution in [1.82, 2.24) is 20.9 Å². The fourth-order valence-corrected chi connectivity index (χ4v) is 3.00. The standard InChI is InChI=1S/C19H38N4O4.2ClH/c1-3-5-9-21-18(24)26-15-13-23(17-7-11-20-12-8-17)14-16-27-19(25)22-10-6-4-2;;/h17,20H,3-16H2,1-2H3,(H,21,24)(H,22,25);2*1H. The minimum atomic E-state index is -0.361. The molecule has 29 heavy (non-hydrogen) atoms. The van der Waals surface area contributed by atoms with E-state index in [0.717, 1.165) is 51.6 Å². The van der Waals surface area contributed by atoms with E-state index in [1.165, 1.54) is 0 Å². The molecule has 1 aliphatic rings. The van der Waals surface area contributed by atoms with Crippen LogP contribution in [0.1, 0.15) is 52.4 Å². The van der Waals surface area contributed by atoms with Crippen molar-refractivity contribution < 1.29 is 19.1 Å². The Morgan fingerprint density at radius 3 is 1.76 bits per heavy atom. The monoisotopic (exact) mass is 458 g/mol. The van der Waals surface area contributed by atoms with Gasteiger partial charge in [-0.2, -0.15) is 0 Å². The lowest BCUT2D eigenvalue weighted by atomic mass is 10.0. The Hall–Kier alpha value is -0.960. The smallest absolute Gasteiger partial charge is 0.407 e. The number of amides is 2. The van der Waals surface area contributed by atoms with Crippen LogP contribution in [0.3, 0.4) is 0 Å². The van der Waals surface area contributed by atoms with Gasteiger partial charge in [0.25, 0.3) is 0 Å². The van der Waals surface area contributed by atoms with Crippen molar-refractivity contribution in [3.8, 4) is 0 Å². The topological polar surface area (TPSA) is 91.9 Å². The number of piperidine rings is 1. The molecule has 0 aliphatic carbocycles. The van der Waals surface area contributed by atoms with Crippen LogP contribution in [-0.4, -0.2) is 75.6 Å². The molecular weight excluding hydrogens is 419 g/mol. The van der Waals surface area contributed by atoms with Gasteiger partial charge in [-0.05, 0) is 38.8 Å². The van der Waals surface area contributed by atoms with Crippen LogP contribution in [0, 0.1) is 0 Å². The van der Waals surface area contributed by atoms with E-state index in [2.05, 4.69) is 34.7 Å². The van der Waals surface area contributed by atoms with E-state index in [-0.39, 0.29) is 37.0 Å². The Morgan fingerprint density at radius 2 is 1.34 bits per heavy atom. The number of ether oxygens (including phenoxy) is 2. The minimum Gasteiger partial charge on any atom is -0.448 e. The molecule has 10 heteroatoms. The number of carbonyl (C=O) groups is 2. The number of rotatable bonds is 13. The molecule has 8 nitrogen and oxygen atoms in total. The molecule has 1 rings (SSSR count). The van der Waals surface area contributed by atoms with Crippen LogP contribution in [0.2, 0.25) is 0 Å². The van der Waals surface area contributed by atoms with Crippen molar-refractivity contribution in [2.45, 2.75) is 58.4 Å². The minimum absolute atomic E-state index is 0. The Labute approximate surface area is 188 Å². The molecular formula is C19H40Cl2N4O4. The van der Waals surface area contributed by atoms with Crippen LogP contribution < -0.4 is 16.0 Å². The molecule has 0 unspecified atom stereocenters. The first-order valence-corrected chi connectivity index (χ1v) is 10.4. The van der Waals surface area contributed by atoms with Gasteiger partial charge in [0.05, 0.1) is 0 Å². The fraction of sp³-hybridized carbons (Fsp3) is 0.895. The van der Waals surface area contributed by atoms with Gasteiger partial charge in [-0.1, -0.05) is 26.7 Å². The first-order chi connectivity index (χ1) is 13.2. The summed E-state index contributed by atoms with van der Waals surface area (Å²) < 4.78 is 10.6. The normalized spacial score (nSPS) is 13.8. The summed E-state index contributed by atoms with van der Waals surface area (Å²) in [6.07, 6.45) is 5.35. The number of unbranched alkanes of at least 4 members (excludes halogenated alkanes) is 2. The van der Waals surface area contributed by atoms with E-state index in [4.69, 9.17) is 9.47 Å². The number of alkyl carbamates (subject to hydrolysis) is 2. The lowest BCUT2D eigenvalue weighted by molar-refractivity contribution is 0.0784. The maximum absolute atomic E-state index is 11.7. The summed E-state index contributed by atoms with van der Waals surface area (Å²) in [5, 5.41) is 8.86. The molecule has 0 aromatic carbocycles. The zero-order valence-corrected chi connectivity index (χ0v) is 19.5. The maximum atomic E-state index is 11.7. The Balaban J connectivity index is 0. The zero-order chi connectivity index (χ0) is 19.7. The molecule has 3 N–H and O–H groups in total. The highest BCUT2D eigenvalue weighted by Crippen LogP contribution is 2.11. The molecule has 1 saturated heterocycles. The van der Waals surface area contributed by atoms with Gasteiger partial charge >= 0.3 is 12.2 Å². The van der Waals surface area contributed by atoms with E-state index in [0.29, 0.717) is 45.4 Å². The third kappa shape index (κ3) is 15.5. The molecule has 2 amide bonds. The number of carbonyl (C=O) groups excluding carboxylic acids is 2. The summed E-state index contributed by atoms with van der Waals surface area (Å²) in [6.45, 7) is 9.39. The summed E-state index contributed by atoms with van der Waals surface area (Å²) in [5.74, 6) is 0. The highest BCUT2D eigenvalue weighted by Gasteiger charge is 2.21.